The number of aromatic nitrogens is 2. The lowest BCUT2D eigenvalue weighted by Crippen LogP contribution is -2.55. The van der Waals surface area contributed by atoms with Gasteiger partial charge in [0.1, 0.15) is 41.7 Å². The molecule has 2 bridgehead atoms. The van der Waals surface area contributed by atoms with Crippen molar-refractivity contribution in [2.24, 2.45) is 29.6 Å². The van der Waals surface area contributed by atoms with E-state index in [-0.39, 0.29) is 17.9 Å². The number of alkyl carbamates (subject to hydrolysis) is 1. The summed E-state index contributed by atoms with van der Waals surface area (Å²) in [5.74, 6) is -2.73. The molecule has 2 aromatic rings. The van der Waals surface area contributed by atoms with Crippen LogP contribution in [0.2, 0.25) is 0 Å². The number of fused-ring (bicyclic) bond motifs is 7. The quantitative estimate of drug-likeness (QED) is 0.480. The van der Waals surface area contributed by atoms with Gasteiger partial charge in [-0.05, 0) is 74.8 Å². The average Bonchev–Trinajstić information content (AvgIpc) is 3.50. The monoisotopic (exact) mass is 646 g/mol. The first-order valence-corrected chi connectivity index (χ1v) is 16.2. The number of rotatable bonds is 3. The van der Waals surface area contributed by atoms with E-state index in [0.29, 0.717) is 47.2 Å². The van der Waals surface area contributed by atoms with Crippen molar-refractivity contribution in [1.82, 2.24) is 20.2 Å². The molecule has 10 nitrogen and oxygen atoms in total. The molecule has 1 N–H and O–H groups in total. The van der Waals surface area contributed by atoms with E-state index in [9.17, 15) is 27.6 Å². The fourth-order valence-corrected chi connectivity index (χ4v) is 7.79. The Morgan fingerprint density at radius 2 is 1.83 bits per heavy atom. The number of amides is 2. The second-order valence-electron chi connectivity index (χ2n) is 13.6. The van der Waals surface area contributed by atoms with Gasteiger partial charge in [0, 0.05) is 6.07 Å². The van der Waals surface area contributed by atoms with Gasteiger partial charge >= 0.3 is 12.3 Å². The van der Waals surface area contributed by atoms with E-state index in [1.807, 2.05) is 0 Å². The number of hydrogen-bond donors (Lipinski definition) is 1. The molecular formula is C33H41F3N4O6. The van der Waals surface area contributed by atoms with Crippen molar-refractivity contribution in [1.29, 1.82) is 0 Å². The lowest BCUT2D eigenvalue weighted by atomic mass is 9.93. The molecule has 3 fully saturated rings. The van der Waals surface area contributed by atoms with E-state index in [2.05, 4.69) is 10.3 Å². The summed E-state index contributed by atoms with van der Waals surface area (Å²) in [6.45, 7) is 3.87. The number of aryl methyl sites for hydroxylation is 1. The second-order valence-corrected chi connectivity index (χ2v) is 13.6. The van der Waals surface area contributed by atoms with Crippen LogP contribution in [0, 0.1) is 29.6 Å². The van der Waals surface area contributed by atoms with Crippen molar-refractivity contribution in [3.8, 4) is 11.6 Å². The van der Waals surface area contributed by atoms with Gasteiger partial charge in [-0.2, -0.15) is 13.2 Å². The van der Waals surface area contributed by atoms with Crippen LogP contribution < -0.4 is 14.8 Å². The van der Waals surface area contributed by atoms with Crippen LogP contribution in [0.15, 0.2) is 18.2 Å². The van der Waals surface area contributed by atoms with Crippen LogP contribution in [-0.2, 0) is 20.7 Å². The van der Waals surface area contributed by atoms with Crippen LogP contribution in [0.3, 0.4) is 0 Å². The number of ether oxygens (including phenoxy) is 3. The number of carbonyl (C=O) groups is 3. The topological polar surface area (TPSA) is 120 Å². The lowest BCUT2D eigenvalue weighted by Gasteiger charge is -2.32. The smallest absolute Gasteiger partial charge is 0.408 e. The molecule has 2 aliphatic carbocycles. The Bertz CT molecular complexity index is 1500. The third-order valence-electron chi connectivity index (χ3n) is 10.2. The first kappa shape index (κ1) is 32.3. The van der Waals surface area contributed by atoms with Gasteiger partial charge in [-0.3, -0.25) is 9.59 Å². The molecule has 1 aromatic carbocycles. The first-order chi connectivity index (χ1) is 21.8. The second kappa shape index (κ2) is 12.5. The molecule has 0 radical (unpaired) electrons. The Hall–Kier alpha value is -3.64. The zero-order valence-electron chi connectivity index (χ0n) is 26.5. The summed E-state index contributed by atoms with van der Waals surface area (Å²) >= 11 is 0. The third kappa shape index (κ3) is 6.33. The highest BCUT2D eigenvalue weighted by Crippen LogP contribution is 2.57. The number of nitrogens with zero attached hydrogens (tertiary/aromatic N) is 3. The van der Waals surface area contributed by atoms with Crippen LogP contribution in [0.5, 0.6) is 11.6 Å². The van der Waals surface area contributed by atoms with Crippen LogP contribution in [0.4, 0.5) is 18.0 Å². The predicted molar refractivity (Wildman–Crippen MR) is 160 cm³/mol. The fourth-order valence-electron chi connectivity index (χ4n) is 7.79. The molecule has 46 heavy (non-hydrogen) atoms. The average molecular weight is 647 g/mol. The van der Waals surface area contributed by atoms with Gasteiger partial charge in [-0.15, -0.1) is 0 Å². The van der Waals surface area contributed by atoms with Gasteiger partial charge in [0.25, 0.3) is 0 Å². The molecule has 2 aliphatic heterocycles. The summed E-state index contributed by atoms with van der Waals surface area (Å²) in [6, 6.07) is 2.04. The molecule has 4 aliphatic rings. The minimum Gasteiger partial charge on any atom is -0.497 e. The standard InChI is InChI=1S/C33H41F3N4O6/c1-16(2)28-31(42)40-15-26(27(33(34,35)36)29(40)17(3)41)45-30-23(37-22-11-10-19(44-4)14-24(22)38-30)9-7-5-6-8-20-21-12-18(21)13-25(20)46-32(43)39-28/h10-11,14,16,18,20-21,25-29H,5-9,12-13,15H2,1-4H3,(H,39,43)/t18?,20-,21?,25-,26+,27-,28+,29-/m1/s1. The summed E-state index contributed by atoms with van der Waals surface area (Å²) in [6.07, 6.45) is -1.93. The normalized spacial score (nSPS) is 32.0. The van der Waals surface area contributed by atoms with Crippen LogP contribution in [0.25, 0.3) is 11.0 Å². The van der Waals surface area contributed by atoms with E-state index in [1.54, 1.807) is 32.0 Å². The molecule has 8 atom stereocenters. The van der Waals surface area contributed by atoms with Gasteiger partial charge < -0.3 is 24.4 Å². The van der Waals surface area contributed by atoms with Crippen molar-refractivity contribution in [3.05, 3.63) is 23.9 Å². The largest absolute Gasteiger partial charge is 0.497 e. The van der Waals surface area contributed by atoms with E-state index in [1.165, 1.54) is 7.11 Å². The molecule has 13 heteroatoms. The highest BCUT2D eigenvalue weighted by Gasteiger charge is 2.61. The molecule has 6 rings (SSSR count). The number of hydrogen-bond acceptors (Lipinski definition) is 8. The molecule has 2 unspecified atom stereocenters. The van der Waals surface area contributed by atoms with Crippen molar-refractivity contribution in [2.45, 2.75) is 96.2 Å². The summed E-state index contributed by atoms with van der Waals surface area (Å²) < 4.78 is 61.6. The highest BCUT2D eigenvalue weighted by atomic mass is 19.4. The van der Waals surface area contributed by atoms with Gasteiger partial charge in [0.05, 0.1) is 24.7 Å². The Kier molecular flexibility index (Phi) is 8.79. The van der Waals surface area contributed by atoms with E-state index < -0.39 is 60.5 Å². The highest BCUT2D eigenvalue weighted by molar-refractivity contribution is 5.92. The number of benzene rings is 1. The third-order valence-corrected chi connectivity index (χ3v) is 10.2. The number of alkyl halides is 3. The molecule has 1 saturated heterocycles. The van der Waals surface area contributed by atoms with Crippen LogP contribution in [-0.4, -0.2) is 76.8 Å². The molecular weight excluding hydrogens is 605 g/mol. The van der Waals surface area contributed by atoms with Gasteiger partial charge in [-0.25, -0.2) is 14.8 Å². The number of methoxy groups -OCH3 is 1. The van der Waals surface area contributed by atoms with Crippen molar-refractivity contribution in [3.63, 3.8) is 0 Å². The van der Waals surface area contributed by atoms with Crippen molar-refractivity contribution >= 4 is 28.8 Å². The minimum absolute atomic E-state index is 0.0588. The molecule has 2 amide bonds. The van der Waals surface area contributed by atoms with E-state index >= 15 is 0 Å². The number of ketones is 1. The van der Waals surface area contributed by atoms with E-state index in [0.717, 1.165) is 43.9 Å². The Morgan fingerprint density at radius 3 is 2.52 bits per heavy atom. The van der Waals surface area contributed by atoms with Crippen molar-refractivity contribution in [2.75, 3.05) is 13.7 Å². The Labute approximate surface area is 265 Å². The number of carbonyl (C=O) groups excluding carboxylic acids is 3. The molecule has 1 aromatic heterocycles. The predicted octanol–water partition coefficient (Wildman–Crippen LogP) is 5.26. The zero-order chi connectivity index (χ0) is 32.9. The van der Waals surface area contributed by atoms with Gasteiger partial charge in [0.2, 0.25) is 11.8 Å². The number of Topliss-reactive ketones (excluding diaryl/α,β-unsaturated/α-hetero) is 1. The molecule has 250 valence electrons. The summed E-state index contributed by atoms with van der Waals surface area (Å²) in [5, 5.41) is 2.64. The maximum Gasteiger partial charge on any atom is 0.408 e. The number of nitrogens with one attached hydrogen (secondary N) is 1. The maximum absolute atomic E-state index is 14.8. The summed E-state index contributed by atoms with van der Waals surface area (Å²) in [5.41, 5.74) is 1.34. The summed E-state index contributed by atoms with van der Waals surface area (Å²) in [4.78, 5) is 50.3. The molecule has 3 heterocycles. The maximum atomic E-state index is 14.8. The molecule has 2 saturated carbocycles. The van der Waals surface area contributed by atoms with Crippen LogP contribution in [0.1, 0.15) is 65.0 Å². The molecule has 0 spiro atoms. The Balaban J connectivity index is 1.40. The lowest BCUT2D eigenvalue weighted by molar-refractivity contribution is -0.196. The van der Waals surface area contributed by atoms with Gasteiger partial charge in [0.15, 0.2) is 5.78 Å². The van der Waals surface area contributed by atoms with Crippen molar-refractivity contribution < 1.29 is 41.8 Å². The number of halogens is 3. The Morgan fingerprint density at radius 1 is 1.04 bits per heavy atom. The van der Waals surface area contributed by atoms with E-state index in [4.69, 9.17) is 19.2 Å². The summed E-state index contributed by atoms with van der Waals surface area (Å²) in [7, 11) is 1.50. The fraction of sp³-hybridized carbons (Fsp3) is 0.667. The minimum atomic E-state index is -4.89. The van der Waals surface area contributed by atoms with Gasteiger partial charge in [-0.1, -0.05) is 26.7 Å². The SMILES string of the molecule is COc1ccc2nc3c(nc2c1)O[C@H]1CN(C(=O)[C@H](C(C)C)NC(=O)O[C@@H]2CC4CC4[C@H]2CCCCC3)[C@H](C(C)=O)[C@@H]1C(F)(F)F. The first-order valence-electron chi connectivity index (χ1n) is 16.2. The van der Waals surface area contributed by atoms with Crippen LogP contribution >= 0.6 is 0 Å². The zero-order valence-corrected chi connectivity index (χ0v) is 26.5.